The van der Waals surface area contributed by atoms with Crippen molar-refractivity contribution in [3.63, 3.8) is 0 Å². The minimum Gasteiger partial charge on any atom is -0.507 e. The molecule has 3 nitrogen and oxygen atoms in total. The van der Waals surface area contributed by atoms with E-state index in [1.807, 2.05) is 6.92 Å². The van der Waals surface area contributed by atoms with Crippen molar-refractivity contribution in [2.75, 3.05) is 0 Å². The second-order valence-electron chi connectivity index (χ2n) is 3.70. The molecule has 16 heavy (non-hydrogen) atoms. The summed E-state index contributed by atoms with van der Waals surface area (Å²) in [6.45, 7) is 1.94. The highest BCUT2D eigenvalue weighted by Gasteiger charge is 2.22. The van der Waals surface area contributed by atoms with Crippen molar-refractivity contribution in [1.82, 2.24) is 0 Å². The second kappa shape index (κ2) is 5.73. The first-order chi connectivity index (χ1) is 7.47. The van der Waals surface area contributed by atoms with Crippen LogP contribution < -0.4 is 5.73 Å². The van der Waals surface area contributed by atoms with Crippen LogP contribution in [-0.2, 0) is 0 Å². The summed E-state index contributed by atoms with van der Waals surface area (Å²) in [5, 5.41) is 20.1. The lowest BCUT2D eigenvalue weighted by molar-refractivity contribution is 0.133. The van der Waals surface area contributed by atoms with Gasteiger partial charge in [0.15, 0.2) is 0 Å². The number of halogens is 2. The standard InChI is InChI=1S/C11H15Cl2NO2/c1-2-3-8(15)11(14)10-7(13)4-6(12)5-9(10)16/h4-5,8,11,15-16H,2-3,14H2,1H3/t8-,11-/m1/s1. The molecule has 5 heteroatoms. The summed E-state index contributed by atoms with van der Waals surface area (Å²) in [5.74, 6) is -0.0832. The SMILES string of the molecule is CCC[C@@H](O)[C@@H](N)c1c(O)cc(Cl)cc1Cl. The normalized spacial score (nSPS) is 14.8. The maximum absolute atomic E-state index is 9.76. The van der Waals surface area contributed by atoms with Gasteiger partial charge in [-0.25, -0.2) is 0 Å². The van der Waals surface area contributed by atoms with Crippen LogP contribution in [0.2, 0.25) is 10.0 Å². The first-order valence-electron chi connectivity index (χ1n) is 5.09. The van der Waals surface area contributed by atoms with Crippen LogP contribution in [0.4, 0.5) is 0 Å². The molecule has 0 radical (unpaired) electrons. The number of aliphatic hydroxyl groups is 1. The summed E-state index contributed by atoms with van der Waals surface area (Å²) >= 11 is 11.7. The van der Waals surface area contributed by atoms with Gasteiger partial charge in [0, 0.05) is 10.6 Å². The third-order valence-electron chi connectivity index (χ3n) is 2.40. The fraction of sp³-hybridized carbons (Fsp3) is 0.455. The lowest BCUT2D eigenvalue weighted by Gasteiger charge is -2.20. The van der Waals surface area contributed by atoms with Gasteiger partial charge < -0.3 is 15.9 Å². The largest absolute Gasteiger partial charge is 0.507 e. The Morgan fingerprint density at radius 2 is 2.00 bits per heavy atom. The topological polar surface area (TPSA) is 66.5 Å². The van der Waals surface area contributed by atoms with Crippen molar-refractivity contribution in [2.24, 2.45) is 5.73 Å². The number of benzene rings is 1. The Kier molecular flexibility index (Phi) is 4.87. The van der Waals surface area contributed by atoms with E-state index in [2.05, 4.69) is 0 Å². The van der Waals surface area contributed by atoms with Gasteiger partial charge in [0.2, 0.25) is 0 Å². The van der Waals surface area contributed by atoms with Gasteiger partial charge in [0.05, 0.1) is 17.2 Å². The van der Waals surface area contributed by atoms with Crippen LogP contribution >= 0.6 is 23.2 Å². The van der Waals surface area contributed by atoms with Crippen LogP contribution in [-0.4, -0.2) is 16.3 Å². The molecule has 0 unspecified atom stereocenters. The average Bonchev–Trinajstić information content (AvgIpc) is 2.16. The van der Waals surface area contributed by atoms with Gasteiger partial charge in [-0.05, 0) is 18.6 Å². The fourth-order valence-electron chi connectivity index (χ4n) is 1.57. The van der Waals surface area contributed by atoms with Crippen LogP contribution in [0, 0.1) is 0 Å². The van der Waals surface area contributed by atoms with Gasteiger partial charge in [-0.3, -0.25) is 0 Å². The molecule has 4 N–H and O–H groups in total. The lowest BCUT2D eigenvalue weighted by atomic mass is 9.98. The molecule has 2 atom stereocenters. The molecule has 1 aromatic rings. The van der Waals surface area contributed by atoms with Gasteiger partial charge in [0.1, 0.15) is 5.75 Å². The number of hydrogen-bond donors (Lipinski definition) is 3. The first-order valence-corrected chi connectivity index (χ1v) is 5.84. The molecule has 0 aliphatic carbocycles. The zero-order valence-corrected chi connectivity index (χ0v) is 10.5. The number of nitrogens with two attached hydrogens (primary N) is 1. The van der Waals surface area contributed by atoms with Gasteiger partial charge in [0.25, 0.3) is 0 Å². The third kappa shape index (κ3) is 3.01. The molecule has 90 valence electrons. The number of aliphatic hydroxyl groups excluding tert-OH is 1. The summed E-state index contributed by atoms with van der Waals surface area (Å²) < 4.78 is 0. The van der Waals surface area contributed by atoms with E-state index in [0.717, 1.165) is 6.42 Å². The van der Waals surface area contributed by atoms with Gasteiger partial charge in [-0.2, -0.15) is 0 Å². The molecule has 1 rings (SSSR count). The quantitative estimate of drug-likeness (QED) is 0.783. The fourth-order valence-corrected chi connectivity index (χ4v) is 2.18. The molecule has 0 bridgehead atoms. The highest BCUT2D eigenvalue weighted by molar-refractivity contribution is 6.35. The molecule has 0 saturated heterocycles. The molecule has 0 spiro atoms. The van der Waals surface area contributed by atoms with Crippen LogP contribution in [0.15, 0.2) is 12.1 Å². The Morgan fingerprint density at radius 1 is 1.38 bits per heavy atom. The van der Waals surface area contributed by atoms with Crippen LogP contribution in [0.5, 0.6) is 5.75 Å². The molecule has 1 aromatic carbocycles. The molecular formula is C11H15Cl2NO2. The van der Waals surface area contributed by atoms with Crippen molar-refractivity contribution in [2.45, 2.75) is 31.9 Å². The van der Waals surface area contributed by atoms with Crippen LogP contribution in [0.1, 0.15) is 31.4 Å². The summed E-state index contributed by atoms with van der Waals surface area (Å²) in [4.78, 5) is 0. The monoisotopic (exact) mass is 263 g/mol. The van der Waals surface area contributed by atoms with Crippen LogP contribution in [0.3, 0.4) is 0 Å². The molecule has 0 aromatic heterocycles. The van der Waals surface area contributed by atoms with Crippen molar-refractivity contribution in [3.05, 3.63) is 27.7 Å². The first kappa shape index (κ1) is 13.6. The van der Waals surface area contributed by atoms with Gasteiger partial charge in [-0.15, -0.1) is 0 Å². The maximum atomic E-state index is 9.76. The highest BCUT2D eigenvalue weighted by atomic mass is 35.5. The van der Waals surface area contributed by atoms with E-state index in [1.54, 1.807) is 0 Å². The molecule has 0 amide bonds. The van der Waals surface area contributed by atoms with E-state index in [0.29, 0.717) is 17.0 Å². The predicted octanol–water partition coefficient (Wildman–Crippen LogP) is 2.86. The highest BCUT2D eigenvalue weighted by Crippen LogP contribution is 2.35. The van der Waals surface area contributed by atoms with Crippen LogP contribution in [0.25, 0.3) is 0 Å². The summed E-state index contributed by atoms with van der Waals surface area (Å²) in [7, 11) is 0. The molecule has 0 aliphatic rings. The Hall–Kier alpha value is -0.480. The van der Waals surface area contributed by atoms with Gasteiger partial charge >= 0.3 is 0 Å². The molecular weight excluding hydrogens is 249 g/mol. The average molecular weight is 264 g/mol. The Balaban J connectivity index is 3.03. The molecule has 0 heterocycles. The molecule has 0 saturated carbocycles. The van der Waals surface area contributed by atoms with E-state index in [1.165, 1.54) is 12.1 Å². The smallest absolute Gasteiger partial charge is 0.123 e. The number of hydrogen-bond acceptors (Lipinski definition) is 3. The van der Waals surface area contributed by atoms with E-state index < -0.39 is 12.1 Å². The minimum absolute atomic E-state index is 0.0832. The number of phenols is 1. The predicted molar refractivity (Wildman–Crippen MR) is 66.0 cm³/mol. The van der Waals surface area contributed by atoms with Gasteiger partial charge in [-0.1, -0.05) is 36.5 Å². The van der Waals surface area contributed by atoms with E-state index in [4.69, 9.17) is 28.9 Å². The van der Waals surface area contributed by atoms with Crippen molar-refractivity contribution in [3.8, 4) is 5.75 Å². The zero-order valence-electron chi connectivity index (χ0n) is 8.95. The Morgan fingerprint density at radius 3 is 2.50 bits per heavy atom. The minimum atomic E-state index is -0.727. The summed E-state index contributed by atoms with van der Waals surface area (Å²) in [5.41, 5.74) is 6.18. The van der Waals surface area contributed by atoms with E-state index in [9.17, 15) is 10.2 Å². The van der Waals surface area contributed by atoms with Crippen molar-refractivity contribution >= 4 is 23.2 Å². The number of rotatable bonds is 4. The maximum Gasteiger partial charge on any atom is 0.123 e. The zero-order chi connectivity index (χ0) is 12.3. The molecule has 0 aliphatic heterocycles. The second-order valence-corrected chi connectivity index (χ2v) is 4.55. The van der Waals surface area contributed by atoms with E-state index >= 15 is 0 Å². The van der Waals surface area contributed by atoms with Crippen molar-refractivity contribution in [1.29, 1.82) is 0 Å². The Labute approximate surface area is 105 Å². The number of phenolic OH excluding ortho intramolecular Hbond substituents is 1. The third-order valence-corrected chi connectivity index (χ3v) is 2.94. The lowest BCUT2D eigenvalue weighted by Crippen LogP contribution is -2.26. The Bertz CT molecular complexity index is 348. The molecule has 0 fully saturated rings. The van der Waals surface area contributed by atoms with Crippen molar-refractivity contribution < 1.29 is 10.2 Å². The summed E-state index contributed by atoms with van der Waals surface area (Å²) in [6.07, 6.45) is 0.634. The van der Waals surface area contributed by atoms with E-state index in [-0.39, 0.29) is 10.8 Å². The summed E-state index contributed by atoms with van der Waals surface area (Å²) in [6, 6.07) is 2.16. The number of aromatic hydroxyl groups is 1.